The van der Waals surface area contributed by atoms with Gasteiger partial charge >= 0.3 is 0 Å². The van der Waals surface area contributed by atoms with E-state index in [4.69, 9.17) is 0 Å². The molecule has 2 rings (SSSR count). The van der Waals surface area contributed by atoms with Crippen LogP contribution in [0.1, 0.15) is 16.7 Å². The van der Waals surface area contributed by atoms with Crippen LogP contribution in [0.15, 0.2) is 35.5 Å². The van der Waals surface area contributed by atoms with E-state index in [1.807, 2.05) is 20.2 Å². The number of aryl methyl sites for hydroxylation is 2. The number of nitrogens with zero attached hydrogens (tertiary/aromatic N) is 2. The standard InChI is InChI=1S/C14H17N3S/c1-10-5-4-6-12(7-10)9-18-13-11(2)8-16-14(15-3)17-13/h4-8H,9H2,1-3H3,(H,15,16,17). The van der Waals surface area contributed by atoms with E-state index < -0.39 is 0 Å². The summed E-state index contributed by atoms with van der Waals surface area (Å²) in [6.45, 7) is 4.15. The van der Waals surface area contributed by atoms with Crippen LogP contribution in [0.5, 0.6) is 0 Å². The maximum absolute atomic E-state index is 4.47. The highest BCUT2D eigenvalue weighted by Gasteiger charge is 2.04. The molecule has 2 aromatic rings. The van der Waals surface area contributed by atoms with E-state index in [0.717, 1.165) is 16.3 Å². The summed E-state index contributed by atoms with van der Waals surface area (Å²) >= 11 is 1.75. The van der Waals surface area contributed by atoms with Crippen molar-refractivity contribution in [3.05, 3.63) is 47.2 Å². The van der Waals surface area contributed by atoms with Crippen molar-refractivity contribution in [2.24, 2.45) is 0 Å². The van der Waals surface area contributed by atoms with Crippen LogP contribution in [0.25, 0.3) is 0 Å². The number of thioether (sulfide) groups is 1. The Morgan fingerprint density at radius 2 is 2.11 bits per heavy atom. The van der Waals surface area contributed by atoms with Crippen molar-refractivity contribution < 1.29 is 0 Å². The van der Waals surface area contributed by atoms with Gasteiger partial charge in [0.05, 0.1) is 0 Å². The first kappa shape index (κ1) is 12.9. The summed E-state index contributed by atoms with van der Waals surface area (Å²) in [5.41, 5.74) is 3.74. The maximum atomic E-state index is 4.47. The minimum atomic E-state index is 0.673. The molecule has 1 heterocycles. The zero-order chi connectivity index (χ0) is 13.0. The monoisotopic (exact) mass is 259 g/mol. The summed E-state index contributed by atoms with van der Waals surface area (Å²) in [4.78, 5) is 8.66. The second kappa shape index (κ2) is 5.87. The summed E-state index contributed by atoms with van der Waals surface area (Å²) < 4.78 is 0. The molecule has 0 bridgehead atoms. The zero-order valence-electron chi connectivity index (χ0n) is 10.9. The van der Waals surface area contributed by atoms with Crippen LogP contribution >= 0.6 is 11.8 Å². The van der Waals surface area contributed by atoms with Gasteiger partial charge < -0.3 is 5.32 Å². The molecule has 0 aliphatic heterocycles. The van der Waals surface area contributed by atoms with Crippen molar-refractivity contribution >= 4 is 17.7 Å². The second-order valence-electron chi connectivity index (χ2n) is 4.21. The molecule has 0 atom stereocenters. The van der Waals surface area contributed by atoms with Gasteiger partial charge in [-0.15, -0.1) is 11.8 Å². The lowest BCUT2D eigenvalue weighted by atomic mass is 10.2. The molecule has 0 radical (unpaired) electrons. The molecule has 3 nitrogen and oxygen atoms in total. The Bertz CT molecular complexity index is 540. The number of hydrogen-bond acceptors (Lipinski definition) is 4. The predicted octanol–water partition coefficient (Wildman–Crippen LogP) is 3.43. The van der Waals surface area contributed by atoms with Crippen molar-refractivity contribution in [3.63, 3.8) is 0 Å². The first-order valence-corrected chi connectivity index (χ1v) is 6.87. The van der Waals surface area contributed by atoms with Gasteiger partial charge in [0.15, 0.2) is 0 Å². The number of benzene rings is 1. The lowest BCUT2D eigenvalue weighted by Crippen LogP contribution is -1.98. The zero-order valence-corrected chi connectivity index (χ0v) is 11.7. The number of aromatic nitrogens is 2. The van der Waals surface area contributed by atoms with Gasteiger partial charge in [0.2, 0.25) is 5.95 Å². The van der Waals surface area contributed by atoms with Crippen LogP contribution in [-0.4, -0.2) is 17.0 Å². The Labute approximate surface area is 112 Å². The van der Waals surface area contributed by atoms with Crippen LogP contribution in [0.2, 0.25) is 0 Å². The molecule has 1 aromatic heterocycles. The third kappa shape index (κ3) is 3.23. The maximum Gasteiger partial charge on any atom is 0.223 e. The summed E-state index contributed by atoms with van der Waals surface area (Å²) in [6.07, 6.45) is 1.86. The molecule has 0 unspecified atom stereocenters. The number of rotatable bonds is 4. The molecule has 94 valence electrons. The van der Waals surface area contributed by atoms with Gasteiger partial charge in [0, 0.05) is 19.0 Å². The highest BCUT2D eigenvalue weighted by Crippen LogP contribution is 2.24. The van der Waals surface area contributed by atoms with E-state index in [-0.39, 0.29) is 0 Å². The first-order chi connectivity index (χ1) is 8.69. The van der Waals surface area contributed by atoms with Crippen LogP contribution in [0, 0.1) is 13.8 Å². The third-order valence-electron chi connectivity index (χ3n) is 2.61. The number of nitrogens with one attached hydrogen (secondary N) is 1. The van der Waals surface area contributed by atoms with Gasteiger partial charge in [-0.1, -0.05) is 29.8 Å². The van der Waals surface area contributed by atoms with E-state index >= 15 is 0 Å². The molecule has 0 spiro atoms. The van der Waals surface area contributed by atoms with Gasteiger partial charge in [0.1, 0.15) is 5.03 Å². The molecule has 4 heteroatoms. The highest BCUT2D eigenvalue weighted by molar-refractivity contribution is 7.98. The van der Waals surface area contributed by atoms with Crippen LogP contribution < -0.4 is 5.32 Å². The van der Waals surface area contributed by atoms with Gasteiger partial charge in [-0.2, -0.15) is 0 Å². The van der Waals surface area contributed by atoms with Crippen molar-refractivity contribution in [1.82, 2.24) is 9.97 Å². The average molecular weight is 259 g/mol. The summed E-state index contributed by atoms with van der Waals surface area (Å²) in [7, 11) is 1.83. The molecule has 1 aromatic carbocycles. The fourth-order valence-corrected chi connectivity index (χ4v) is 2.56. The minimum Gasteiger partial charge on any atom is -0.357 e. The van der Waals surface area contributed by atoms with E-state index in [9.17, 15) is 0 Å². The Hall–Kier alpha value is -1.55. The van der Waals surface area contributed by atoms with Crippen LogP contribution in [0.3, 0.4) is 0 Å². The van der Waals surface area contributed by atoms with Crippen molar-refractivity contribution in [3.8, 4) is 0 Å². The Morgan fingerprint density at radius 3 is 2.83 bits per heavy atom. The number of hydrogen-bond donors (Lipinski definition) is 1. The van der Waals surface area contributed by atoms with Gasteiger partial charge in [-0.3, -0.25) is 0 Å². The van der Waals surface area contributed by atoms with Crippen LogP contribution in [0.4, 0.5) is 5.95 Å². The highest BCUT2D eigenvalue weighted by atomic mass is 32.2. The van der Waals surface area contributed by atoms with Crippen molar-refractivity contribution in [1.29, 1.82) is 0 Å². The minimum absolute atomic E-state index is 0.673. The van der Waals surface area contributed by atoms with E-state index in [1.54, 1.807) is 11.8 Å². The van der Waals surface area contributed by atoms with E-state index in [1.165, 1.54) is 11.1 Å². The Morgan fingerprint density at radius 1 is 1.28 bits per heavy atom. The lowest BCUT2D eigenvalue weighted by molar-refractivity contribution is 1.00. The Kier molecular flexibility index (Phi) is 4.20. The number of anilines is 1. The fourth-order valence-electron chi connectivity index (χ4n) is 1.65. The molecule has 0 saturated heterocycles. The molecule has 1 N–H and O–H groups in total. The molecule has 0 aliphatic carbocycles. The largest absolute Gasteiger partial charge is 0.357 e. The van der Waals surface area contributed by atoms with Crippen LogP contribution in [-0.2, 0) is 5.75 Å². The molecule has 0 fully saturated rings. The summed E-state index contributed by atoms with van der Waals surface area (Å²) in [5.74, 6) is 1.61. The summed E-state index contributed by atoms with van der Waals surface area (Å²) in [5, 5.41) is 4.00. The van der Waals surface area contributed by atoms with Gasteiger partial charge in [-0.25, -0.2) is 9.97 Å². The quantitative estimate of drug-likeness (QED) is 0.674. The molecule has 0 saturated carbocycles. The first-order valence-electron chi connectivity index (χ1n) is 5.89. The molecule has 18 heavy (non-hydrogen) atoms. The third-order valence-corrected chi connectivity index (χ3v) is 3.77. The SMILES string of the molecule is CNc1ncc(C)c(SCc2cccc(C)c2)n1. The van der Waals surface area contributed by atoms with Gasteiger partial charge in [0.25, 0.3) is 0 Å². The smallest absolute Gasteiger partial charge is 0.223 e. The fraction of sp³-hybridized carbons (Fsp3) is 0.286. The average Bonchev–Trinajstić information content (AvgIpc) is 2.38. The lowest BCUT2D eigenvalue weighted by Gasteiger charge is -2.07. The van der Waals surface area contributed by atoms with Gasteiger partial charge in [-0.05, 0) is 25.0 Å². The van der Waals surface area contributed by atoms with E-state index in [0.29, 0.717) is 5.95 Å². The second-order valence-corrected chi connectivity index (χ2v) is 5.17. The molecular weight excluding hydrogens is 242 g/mol. The molecular formula is C14H17N3S. The summed E-state index contributed by atoms with van der Waals surface area (Å²) in [6, 6.07) is 8.57. The molecule has 0 amide bonds. The predicted molar refractivity (Wildman–Crippen MR) is 77.1 cm³/mol. The topological polar surface area (TPSA) is 37.8 Å². The normalized spacial score (nSPS) is 10.4. The molecule has 0 aliphatic rings. The van der Waals surface area contributed by atoms with Crippen molar-refractivity contribution in [2.45, 2.75) is 24.6 Å². The van der Waals surface area contributed by atoms with Crippen molar-refractivity contribution in [2.75, 3.05) is 12.4 Å². The Balaban J connectivity index is 2.10. The van der Waals surface area contributed by atoms with E-state index in [2.05, 4.69) is 46.5 Å².